The predicted octanol–water partition coefficient (Wildman–Crippen LogP) is 2.78. The van der Waals surface area contributed by atoms with E-state index < -0.39 is 0 Å². The molecule has 0 aliphatic carbocycles. The molecule has 0 unspecified atom stereocenters. The maximum absolute atomic E-state index is 5.00. The molecule has 0 fully saturated rings. The van der Waals surface area contributed by atoms with Crippen LogP contribution in [0.5, 0.6) is 5.88 Å². The predicted molar refractivity (Wildman–Crippen MR) is 69.7 cm³/mol. The minimum Gasteiger partial charge on any atom is -0.481 e. The highest BCUT2D eigenvalue weighted by molar-refractivity contribution is 7.11. The molecule has 5 heteroatoms. The van der Waals surface area contributed by atoms with Crippen molar-refractivity contribution in [2.24, 2.45) is 0 Å². The molecule has 0 saturated heterocycles. The van der Waals surface area contributed by atoms with Crippen LogP contribution in [0.3, 0.4) is 0 Å². The van der Waals surface area contributed by atoms with Crippen molar-refractivity contribution in [1.29, 1.82) is 0 Å². The number of anilines is 1. The van der Waals surface area contributed by atoms with Crippen molar-refractivity contribution in [3.05, 3.63) is 33.9 Å². The lowest BCUT2D eigenvalue weighted by molar-refractivity contribution is 0.398. The monoisotopic (exact) mass is 249 g/mol. The maximum Gasteiger partial charge on any atom is 0.213 e. The molecule has 2 rings (SSSR count). The molecule has 0 bridgehead atoms. The van der Waals surface area contributed by atoms with E-state index in [1.165, 1.54) is 4.88 Å². The van der Waals surface area contributed by atoms with Gasteiger partial charge >= 0.3 is 0 Å². The number of aromatic nitrogens is 2. The molecule has 0 aromatic carbocycles. The van der Waals surface area contributed by atoms with Crippen molar-refractivity contribution in [3.63, 3.8) is 0 Å². The van der Waals surface area contributed by atoms with Gasteiger partial charge in [0.1, 0.15) is 5.01 Å². The number of aryl methyl sites for hydroxylation is 2. The van der Waals surface area contributed by atoms with Gasteiger partial charge in [-0.15, -0.1) is 11.3 Å². The van der Waals surface area contributed by atoms with Gasteiger partial charge in [-0.3, -0.25) is 0 Å². The second kappa shape index (κ2) is 5.14. The highest BCUT2D eigenvalue weighted by Crippen LogP contribution is 2.18. The third-order valence-electron chi connectivity index (χ3n) is 2.46. The number of nitrogens with zero attached hydrogens (tertiary/aromatic N) is 2. The summed E-state index contributed by atoms with van der Waals surface area (Å²) in [5.41, 5.74) is 2.08. The molecule has 17 heavy (non-hydrogen) atoms. The molecule has 2 aromatic heterocycles. The normalized spacial score (nSPS) is 10.3. The zero-order chi connectivity index (χ0) is 12.3. The molecule has 2 aromatic rings. The number of methoxy groups -OCH3 is 1. The molecule has 0 aliphatic rings. The van der Waals surface area contributed by atoms with Crippen LogP contribution in [-0.4, -0.2) is 17.1 Å². The average molecular weight is 249 g/mol. The van der Waals surface area contributed by atoms with Crippen molar-refractivity contribution in [3.8, 4) is 5.88 Å². The van der Waals surface area contributed by atoms with Crippen molar-refractivity contribution >= 4 is 17.0 Å². The van der Waals surface area contributed by atoms with Crippen LogP contribution >= 0.6 is 11.3 Å². The molecular formula is C12H15N3OS. The van der Waals surface area contributed by atoms with E-state index in [2.05, 4.69) is 22.2 Å². The van der Waals surface area contributed by atoms with Crippen LogP contribution in [0.15, 0.2) is 18.3 Å². The Morgan fingerprint density at radius 3 is 2.71 bits per heavy atom. The molecule has 0 spiro atoms. The van der Waals surface area contributed by atoms with Crippen LogP contribution in [0.25, 0.3) is 0 Å². The fourth-order valence-electron chi connectivity index (χ4n) is 1.40. The zero-order valence-corrected chi connectivity index (χ0v) is 11.0. The maximum atomic E-state index is 5.00. The molecule has 1 N–H and O–H groups in total. The summed E-state index contributed by atoms with van der Waals surface area (Å²) in [5.74, 6) is 0.622. The molecule has 0 radical (unpaired) electrons. The molecule has 2 heterocycles. The second-order valence-electron chi connectivity index (χ2n) is 3.69. The lowest BCUT2D eigenvalue weighted by Crippen LogP contribution is -1.99. The Hall–Kier alpha value is -1.62. The van der Waals surface area contributed by atoms with Gasteiger partial charge in [0.15, 0.2) is 0 Å². The van der Waals surface area contributed by atoms with Gasteiger partial charge in [0, 0.05) is 10.9 Å². The number of pyridine rings is 1. The van der Waals surface area contributed by atoms with Gasteiger partial charge < -0.3 is 10.1 Å². The van der Waals surface area contributed by atoms with Crippen molar-refractivity contribution in [2.75, 3.05) is 12.4 Å². The van der Waals surface area contributed by atoms with Gasteiger partial charge in [0.05, 0.1) is 31.2 Å². The first-order chi connectivity index (χ1) is 8.19. The van der Waals surface area contributed by atoms with E-state index in [9.17, 15) is 0 Å². The summed E-state index contributed by atoms with van der Waals surface area (Å²) in [4.78, 5) is 9.87. The fourth-order valence-corrected chi connectivity index (χ4v) is 2.27. The third kappa shape index (κ3) is 2.94. The highest BCUT2D eigenvalue weighted by Gasteiger charge is 2.03. The van der Waals surface area contributed by atoms with Gasteiger partial charge in [-0.2, -0.15) is 0 Å². The molecule has 0 atom stereocenters. The molecule has 90 valence electrons. The van der Waals surface area contributed by atoms with E-state index in [-0.39, 0.29) is 0 Å². The molecular weight excluding hydrogens is 234 g/mol. The van der Waals surface area contributed by atoms with E-state index in [0.717, 1.165) is 22.9 Å². The smallest absolute Gasteiger partial charge is 0.213 e. The standard InChI is InChI=1S/C12H15N3OS/c1-8-9(2)17-12(15-8)7-13-10-4-5-11(16-3)14-6-10/h4-6,13H,7H2,1-3H3. The number of hydrogen-bond acceptors (Lipinski definition) is 5. The SMILES string of the molecule is COc1ccc(NCc2nc(C)c(C)s2)cn1. The van der Waals surface area contributed by atoms with Gasteiger partial charge in [0.25, 0.3) is 0 Å². The summed E-state index contributed by atoms with van der Waals surface area (Å²) in [5, 5.41) is 4.38. The number of ether oxygens (including phenoxy) is 1. The number of thiazole rings is 1. The van der Waals surface area contributed by atoms with Crippen LogP contribution in [0, 0.1) is 13.8 Å². The van der Waals surface area contributed by atoms with Crippen molar-refractivity contribution < 1.29 is 4.74 Å². The van der Waals surface area contributed by atoms with Crippen LogP contribution in [0.2, 0.25) is 0 Å². The Balaban J connectivity index is 1.97. The molecule has 4 nitrogen and oxygen atoms in total. The average Bonchev–Trinajstić information content (AvgIpc) is 2.67. The second-order valence-corrected chi connectivity index (χ2v) is 4.98. The van der Waals surface area contributed by atoms with E-state index in [4.69, 9.17) is 4.74 Å². The zero-order valence-electron chi connectivity index (χ0n) is 10.2. The van der Waals surface area contributed by atoms with Gasteiger partial charge in [-0.1, -0.05) is 0 Å². The van der Waals surface area contributed by atoms with E-state index >= 15 is 0 Å². The largest absolute Gasteiger partial charge is 0.481 e. The van der Waals surface area contributed by atoms with Crippen LogP contribution in [0.1, 0.15) is 15.6 Å². The number of rotatable bonds is 4. The Labute approximate surface area is 105 Å². The van der Waals surface area contributed by atoms with E-state index in [1.807, 2.05) is 19.1 Å². The number of nitrogens with one attached hydrogen (secondary N) is 1. The minimum atomic E-state index is 0.622. The Morgan fingerprint density at radius 2 is 2.18 bits per heavy atom. The van der Waals surface area contributed by atoms with Crippen molar-refractivity contribution in [1.82, 2.24) is 9.97 Å². The minimum absolute atomic E-state index is 0.622. The summed E-state index contributed by atoms with van der Waals surface area (Å²) < 4.78 is 5.00. The van der Waals surface area contributed by atoms with E-state index in [1.54, 1.807) is 24.6 Å². The Morgan fingerprint density at radius 1 is 1.35 bits per heavy atom. The topological polar surface area (TPSA) is 47.0 Å². The van der Waals surface area contributed by atoms with E-state index in [0.29, 0.717) is 5.88 Å². The first-order valence-corrected chi connectivity index (χ1v) is 6.17. The highest BCUT2D eigenvalue weighted by atomic mass is 32.1. The van der Waals surface area contributed by atoms with Crippen LogP contribution < -0.4 is 10.1 Å². The molecule has 0 aliphatic heterocycles. The van der Waals surface area contributed by atoms with Gasteiger partial charge in [-0.05, 0) is 19.9 Å². The summed E-state index contributed by atoms with van der Waals surface area (Å²) in [7, 11) is 1.61. The van der Waals surface area contributed by atoms with Crippen molar-refractivity contribution in [2.45, 2.75) is 20.4 Å². The molecule has 0 saturated carbocycles. The first kappa shape index (κ1) is 11.9. The lowest BCUT2D eigenvalue weighted by Gasteiger charge is -2.04. The summed E-state index contributed by atoms with van der Waals surface area (Å²) in [6.45, 7) is 4.85. The van der Waals surface area contributed by atoms with Gasteiger partial charge in [0.2, 0.25) is 5.88 Å². The van der Waals surface area contributed by atoms with Crippen LogP contribution in [-0.2, 0) is 6.54 Å². The Bertz CT molecular complexity index is 473. The summed E-state index contributed by atoms with van der Waals surface area (Å²) in [6.07, 6.45) is 1.76. The van der Waals surface area contributed by atoms with Crippen LogP contribution in [0.4, 0.5) is 5.69 Å². The summed E-state index contributed by atoms with van der Waals surface area (Å²) >= 11 is 1.72. The fraction of sp³-hybridized carbons (Fsp3) is 0.333. The lowest BCUT2D eigenvalue weighted by atomic mass is 10.4. The first-order valence-electron chi connectivity index (χ1n) is 5.36. The van der Waals surface area contributed by atoms with Gasteiger partial charge in [-0.25, -0.2) is 9.97 Å². The summed E-state index contributed by atoms with van der Waals surface area (Å²) in [6, 6.07) is 3.78. The Kier molecular flexibility index (Phi) is 3.58. The third-order valence-corrected chi connectivity index (χ3v) is 3.53. The number of hydrogen-bond donors (Lipinski definition) is 1. The molecule has 0 amide bonds. The quantitative estimate of drug-likeness (QED) is 0.905.